The fourth-order valence-corrected chi connectivity index (χ4v) is 3.11. The van der Waals surface area contributed by atoms with Crippen LogP contribution >= 0.6 is 0 Å². The molecule has 0 radical (unpaired) electrons. The van der Waals surface area contributed by atoms with Crippen molar-refractivity contribution in [2.45, 2.75) is 12.5 Å². The van der Waals surface area contributed by atoms with Gasteiger partial charge < -0.3 is 9.26 Å². The van der Waals surface area contributed by atoms with Gasteiger partial charge in [-0.25, -0.2) is 4.39 Å². The highest BCUT2D eigenvalue weighted by Crippen LogP contribution is 2.27. The third-order valence-corrected chi connectivity index (χ3v) is 4.55. The largest absolute Gasteiger partial charge is 0.458 e. The van der Waals surface area contributed by atoms with Crippen molar-refractivity contribution >= 4 is 5.97 Å². The lowest BCUT2D eigenvalue weighted by atomic mass is 9.91. The zero-order valence-electron chi connectivity index (χ0n) is 15.5. The number of aromatic nitrogens is 1. The van der Waals surface area contributed by atoms with E-state index in [0.717, 1.165) is 11.1 Å². The number of ether oxygens (including phenoxy) is 1. The second-order valence-corrected chi connectivity index (χ2v) is 6.55. The molecule has 0 spiro atoms. The third-order valence-electron chi connectivity index (χ3n) is 4.55. The molecule has 0 saturated carbocycles. The Kier molecular flexibility index (Phi) is 5.47. The SMILES string of the molecule is O=C(OCc1cc(-c2ccc(F)cc2)on1)C(c1ccccc1)c1ccccc1. The lowest BCUT2D eigenvalue weighted by Crippen LogP contribution is -2.17. The summed E-state index contributed by atoms with van der Waals surface area (Å²) in [7, 11) is 0. The monoisotopic (exact) mass is 387 g/mol. The van der Waals surface area contributed by atoms with E-state index in [1.54, 1.807) is 18.2 Å². The molecule has 0 aliphatic heterocycles. The second-order valence-electron chi connectivity index (χ2n) is 6.55. The van der Waals surface area contributed by atoms with Crippen LogP contribution < -0.4 is 0 Å². The first-order chi connectivity index (χ1) is 14.2. The molecular weight excluding hydrogens is 369 g/mol. The first kappa shape index (κ1) is 18.6. The van der Waals surface area contributed by atoms with Crippen LogP contribution in [0.2, 0.25) is 0 Å². The molecule has 1 aromatic heterocycles. The number of halogens is 1. The lowest BCUT2D eigenvalue weighted by molar-refractivity contribution is -0.145. The lowest BCUT2D eigenvalue weighted by Gasteiger charge is -2.16. The molecule has 0 bridgehead atoms. The van der Waals surface area contributed by atoms with Crippen LogP contribution in [0, 0.1) is 5.82 Å². The van der Waals surface area contributed by atoms with Gasteiger partial charge in [0.15, 0.2) is 5.76 Å². The molecule has 4 rings (SSSR count). The topological polar surface area (TPSA) is 52.3 Å². The molecule has 0 saturated heterocycles. The van der Waals surface area contributed by atoms with Crippen LogP contribution in [0.3, 0.4) is 0 Å². The van der Waals surface area contributed by atoms with Crippen molar-refractivity contribution in [1.82, 2.24) is 5.16 Å². The average Bonchev–Trinajstić information content (AvgIpc) is 3.24. The van der Waals surface area contributed by atoms with E-state index in [0.29, 0.717) is 17.0 Å². The smallest absolute Gasteiger partial charge is 0.318 e. The summed E-state index contributed by atoms with van der Waals surface area (Å²) in [6.45, 7) is -0.0142. The minimum atomic E-state index is -0.527. The summed E-state index contributed by atoms with van der Waals surface area (Å²) < 4.78 is 23.9. The molecule has 0 amide bonds. The van der Waals surface area contributed by atoms with Crippen molar-refractivity contribution in [2.75, 3.05) is 0 Å². The summed E-state index contributed by atoms with van der Waals surface area (Å²) in [5.41, 5.74) is 2.90. The summed E-state index contributed by atoms with van der Waals surface area (Å²) in [5, 5.41) is 3.95. The molecule has 1 heterocycles. The van der Waals surface area contributed by atoms with Gasteiger partial charge in [-0.2, -0.15) is 0 Å². The van der Waals surface area contributed by atoms with E-state index in [1.807, 2.05) is 60.7 Å². The number of carbonyl (C=O) groups excluding carboxylic acids is 1. The third kappa shape index (κ3) is 4.41. The van der Waals surface area contributed by atoms with E-state index in [1.165, 1.54) is 12.1 Å². The molecule has 0 aliphatic rings. The van der Waals surface area contributed by atoms with Gasteiger partial charge in [0, 0.05) is 11.6 Å². The van der Waals surface area contributed by atoms with Gasteiger partial charge >= 0.3 is 5.97 Å². The van der Waals surface area contributed by atoms with E-state index in [9.17, 15) is 9.18 Å². The quantitative estimate of drug-likeness (QED) is 0.418. The van der Waals surface area contributed by atoms with E-state index >= 15 is 0 Å². The van der Waals surface area contributed by atoms with Gasteiger partial charge in [0.05, 0.1) is 0 Å². The number of benzene rings is 3. The first-order valence-corrected chi connectivity index (χ1v) is 9.19. The Morgan fingerprint density at radius 3 is 2.07 bits per heavy atom. The highest BCUT2D eigenvalue weighted by Gasteiger charge is 2.24. The van der Waals surface area contributed by atoms with Gasteiger partial charge in [0.25, 0.3) is 0 Å². The molecule has 4 nitrogen and oxygen atoms in total. The summed E-state index contributed by atoms with van der Waals surface area (Å²) >= 11 is 0. The van der Waals surface area contributed by atoms with Crippen LogP contribution in [-0.2, 0) is 16.1 Å². The van der Waals surface area contributed by atoms with Crippen LogP contribution in [0.4, 0.5) is 4.39 Å². The normalized spacial score (nSPS) is 10.8. The van der Waals surface area contributed by atoms with Crippen molar-refractivity contribution in [3.63, 3.8) is 0 Å². The maximum absolute atomic E-state index is 13.1. The molecule has 29 heavy (non-hydrogen) atoms. The molecule has 144 valence electrons. The summed E-state index contributed by atoms with van der Waals surface area (Å²) in [6.07, 6.45) is 0. The van der Waals surface area contributed by atoms with Gasteiger partial charge in [0.2, 0.25) is 0 Å². The maximum atomic E-state index is 13.1. The van der Waals surface area contributed by atoms with Crippen molar-refractivity contribution in [1.29, 1.82) is 0 Å². The number of rotatable bonds is 6. The summed E-state index contributed by atoms with van der Waals surface area (Å²) in [5.74, 6) is -0.733. The molecule has 3 aromatic carbocycles. The summed E-state index contributed by atoms with van der Waals surface area (Å²) in [6, 6.07) is 26.6. The van der Waals surface area contributed by atoms with E-state index < -0.39 is 5.92 Å². The minimum absolute atomic E-state index is 0.0142. The Labute approximate surface area is 167 Å². The standard InChI is InChI=1S/C24H18FNO3/c25-20-13-11-17(12-14-20)22-15-21(26-29-22)16-28-24(27)23(18-7-3-1-4-8-18)19-9-5-2-6-10-19/h1-15,23H,16H2. The van der Waals surface area contributed by atoms with Crippen molar-refractivity contribution in [3.8, 4) is 11.3 Å². The fraction of sp³-hybridized carbons (Fsp3) is 0.0833. The number of carbonyl (C=O) groups is 1. The average molecular weight is 387 g/mol. The van der Waals surface area contributed by atoms with E-state index in [4.69, 9.17) is 9.26 Å². The van der Waals surface area contributed by atoms with Crippen molar-refractivity contribution < 1.29 is 18.4 Å². The summed E-state index contributed by atoms with van der Waals surface area (Å²) in [4.78, 5) is 12.9. The number of hydrogen-bond donors (Lipinski definition) is 0. The van der Waals surface area contributed by atoms with Crippen molar-refractivity contribution in [3.05, 3.63) is 114 Å². The molecule has 0 unspecified atom stereocenters. The van der Waals surface area contributed by atoms with Gasteiger partial charge in [-0.05, 0) is 35.4 Å². The predicted octanol–water partition coefficient (Wildman–Crippen LogP) is 5.36. The number of nitrogens with zero attached hydrogens (tertiary/aromatic N) is 1. The van der Waals surface area contributed by atoms with Gasteiger partial charge in [-0.1, -0.05) is 65.8 Å². The Bertz CT molecular complexity index is 1040. The fourth-order valence-electron chi connectivity index (χ4n) is 3.11. The Hall–Kier alpha value is -3.73. The molecule has 5 heteroatoms. The minimum Gasteiger partial charge on any atom is -0.458 e. The molecule has 0 fully saturated rings. The van der Waals surface area contributed by atoms with E-state index in [2.05, 4.69) is 5.16 Å². The van der Waals surface area contributed by atoms with Gasteiger partial charge in [0.1, 0.15) is 24.0 Å². The molecule has 4 aromatic rings. The Morgan fingerprint density at radius 1 is 0.897 bits per heavy atom. The van der Waals surface area contributed by atoms with Crippen molar-refractivity contribution in [2.24, 2.45) is 0 Å². The number of esters is 1. The highest BCUT2D eigenvalue weighted by atomic mass is 19.1. The predicted molar refractivity (Wildman–Crippen MR) is 106 cm³/mol. The van der Waals surface area contributed by atoms with Gasteiger partial charge in [-0.3, -0.25) is 4.79 Å². The van der Waals surface area contributed by atoms with Gasteiger partial charge in [-0.15, -0.1) is 0 Å². The number of hydrogen-bond acceptors (Lipinski definition) is 4. The second kappa shape index (κ2) is 8.52. The van der Waals surface area contributed by atoms with E-state index in [-0.39, 0.29) is 18.4 Å². The molecule has 0 N–H and O–H groups in total. The molecule has 0 aliphatic carbocycles. The van der Waals surface area contributed by atoms with Crippen LogP contribution in [0.1, 0.15) is 22.7 Å². The van der Waals surface area contributed by atoms with Crippen LogP contribution in [0.5, 0.6) is 0 Å². The molecule has 0 atom stereocenters. The highest BCUT2D eigenvalue weighted by molar-refractivity contribution is 5.82. The van der Waals surface area contributed by atoms with Crippen LogP contribution in [0.15, 0.2) is 95.5 Å². The zero-order chi connectivity index (χ0) is 20.1. The Balaban J connectivity index is 1.49. The van der Waals surface area contributed by atoms with Crippen LogP contribution in [-0.4, -0.2) is 11.1 Å². The zero-order valence-corrected chi connectivity index (χ0v) is 15.5. The molecular formula is C24H18FNO3. The maximum Gasteiger partial charge on any atom is 0.318 e. The first-order valence-electron chi connectivity index (χ1n) is 9.19. The van der Waals surface area contributed by atoms with Crippen LogP contribution in [0.25, 0.3) is 11.3 Å². The Morgan fingerprint density at radius 2 is 1.48 bits per heavy atom.